The summed E-state index contributed by atoms with van der Waals surface area (Å²) in [7, 11) is 0. The van der Waals surface area contributed by atoms with Crippen LogP contribution >= 0.6 is 0 Å². The zero-order valence-electron chi connectivity index (χ0n) is 18.1. The van der Waals surface area contributed by atoms with Crippen molar-refractivity contribution in [3.63, 3.8) is 0 Å². The summed E-state index contributed by atoms with van der Waals surface area (Å²) >= 11 is 0. The Kier molecular flexibility index (Phi) is 6.65. The minimum Gasteiger partial charge on any atom is -0.490 e. The van der Waals surface area contributed by atoms with Gasteiger partial charge in [0.15, 0.2) is 11.5 Å². The topological polar surface area (TPSA) is 104 Å². The molecule has 1 aliphatic heterocycles. The molecule has 1 fully saturated rings. The van der Waals surface area contributed by atoms with Gasteiger partial charge in [0, 0.05) is 30.8 Å². The number of hydrogen-bond acceptors (Lipinski definition) is 8. The van der Waals surface area contributed by atoms with E-state index in [9.17, 15) is 10.1 Å². The van der Waals surface area contributed by atoms with Crippen LogP contribution in [-0.4, -0.2) is 45.8 Å². The highest BCUT2D eigenvalue weighted by Crippen LogP contribution is 2.31. The molecule has 0 spiro atoms. The Hall–Kier alpha value is -3.46. The number of para-hydroxylation sites is 2. The first kappa shape index (κ1) is 21.8. The lowest BCUT2D eigenvalue weighted by Crippen LogP contribution is -2.39. The highest BCUT2D eigenvalue weighted by Gasteiger charge is 2.28. The predicted octanol–water partition coefficient (Wildman–Crippen LogP) is 4.65. The Morgan fingerprint density at radius 2 is 1.81 bits per heavy atom. The number of aromatic nitrogens is 2. The van der Waals surface area contributed by atoms with Crippen molar-refractivity contribution in [2.45, 2.75) is 38.8 Å². The Morgan fingerprint density at radius 3 is 2.47 bits per heavy atom. The second-order valence-electron chi connectivity index (χ2n) is 7.66. The monoisotopic (exact) mass is 438 g/mol. The number of nitro groups is 1. The average molecular weight is 438 g/mol. The highest BCUT2D eigenvalue weighted by atomic mass is 16.6. The van der Waals surface area contributed by atoms with Crippen LogP contribution in [0.25, 0.3) is 11.5 Å². The predicted molar refractivity (Wildman–Crippen MR) is 118 cm³/mol. The van der Waals surface area contributed by atoms with Crippen LogP contribution in [0.2, 0.25) is 0 Å². The smallest absolute Gasteiger partial charge is 0.269 e. The number of hydrogen-bond donors (Lipinski definition) is 0. The molecule has 2 heterocycles. The van der Waals surface area contributed by atoms with Gasteiger partial charge in [-0.2, -0.15) is 0 Å². The van der Waals surface area contributed by atoms with Crippen molar-refractivity contribution in [1.29, 1.82) is 0 Å². The van der Waals surface area contributed by atoms with E-state index in [1.807, 2.05) is 38.1 Å². The summed E-state index contributed by atoms with van der Waals surface area (Å²) in [6, 6.07) is 13.8. The van der Waals surface area contributed by atoms with Crippen LogP contribution in [0.4, 0.5) is 5.69 Å². The Balaban J connectivity index is 1.35. The average Bonchev–Trinajstić information content (AvgIpc) is 3.31. The van der Waals surface area contributed by atoms with E-state index < -0.39 is 4.92 Å². The van der Waals surface area contributed by atoms with Crippen LogP contribution < -0.4 is 9.47 Å². The van der Waals surface area contributed by atoms with Gasteiger partial charge >= 0.3 is 0 Å². The second kappa shape index (κ2) is 9.78. The van der Waals surface area contributed by atoms with Gasteiger partial charge in [-0.25, -0.2) is 0 Å². The van der Waals surface area contributed by atoms with Crippen LogP contribution in [0, 0.1) is 10.1 Å². The fraction of sp³-hybridized carbons (Fsp3) is 0.391. The van der Waals surface area contributed by atoms with Crippen molar-refractivity contribution in [3.8, 4) is 23.0 Å². The van der Waals surface area contributed by atoms with E-state index in [4.69, 9.17) is 13.9 Å². The Labute approximate surface area is 186 Å². The molecule has 1 aromatic heterocycles. The molecule has 0 amide bonds. The molecule has 2 aromatic carbocycles. The standard InChI is InChI=1S/C23H26N4O5/c1-3-30-20-6-4-5-7-21(20)31-19-12-14-26(15-13-19)16(2)22-24-25-23(32-22)17-8-10-18(11-9-17)27(28)29/h4-11,16,19H,3,12-15H2,1-2H3. The minimum atomic E-state index is -0.437. The molecule has 0 aliphatic carbocycles. The molecule has 32 heavy (non-hydrogen) atoms. The third-order valence-corrected chi connectivity index (χ3v) is 5.59. The molecule has 0 bridgehead atoms. The molecule has 1 saturated heterocycles. The molecular formula is C23H26N4O5. The van der Waals surface area contributed by atoms with Gasteiger partial charge < -0.3 is 13.9 Å². The maximum absolute atomic E-state index is 10.8. The van der Waals surface area contributed by atoms with E-state index in [1.165, 1.54) is 12.1 Å². The van der Waals surface area contributed by atoms with Crippen molar-refractivity contribution in [2.24, 2.45) is 0 Å². The number of likely N-dealkylation sites (tertiary alicyclic amines) is 1. The number of ether oxygens (including phenoxy) is 2. The van der Waals surface area contributed by atoms with E-state index in [2.05, 4.69) is 15.1 Å². The van der Waals surface area contributed by atoms with Crippen LogP contribution in [0.5, 0.6) is 11.5 Å². The molecule has 168 valence electrons. The molecule has 9 nitrogen and oxygen atoms in total. The van der Waals surface area contributed by atoms with Gasteiger partial charge in [-0.3, -0.25) is 15.0 Å². The number of non-ortho nitro benzene ring substituents is 1. The van der Waals surface area contributed by atoms with E-state index in [1.54, 1.807) is 12.1 Å². The molecule has 4 rings (SSSR count). The lowest BCUT2D eigenvalue weighted by molar-refractivity contribution is -0.384. The third kappa shape index (κ3) is 4.88. The third-order valence-electron chi connectivity index (χ3n) is 5.59. The molecule has 1 atom stereocenters. The fourth-order valence-corrected chi connectivity index (χ4v) is 3.78. The van der Waals surface area contributed by atoms with Gasteiger partial charge in [-0.05, 0) is 51.0 Å². The number of piperidine rings is 1. The van der Waals surface area contributed by atoms with Gasteiger partial charge in [-0.15, -0.1) is 10.2 Å². The van der Waals surface area contributed by atoms with Crippen molar-refractivity contribution in [3.05, 3.63) is 64.5 Å². The normalized spacial score (nSPS) is 15.9. The summed E-state index contributed by atoms with van der Waals surface area (Å²) in [5, 5.41) is 19.1. The number of benzene rings is 2. The first-order valence-electron chi connectivity index (χ1n) is 10.8. The Morgan fingerprint density at radius 1 is 1.12 bits per heavy atom. The van der Waals surface area contributed by atoms with Crippen LogP contribution in [-0.2, 0) is 0 Å². The number of nitrogens with zero attached hydrogens (tertiary/aromatic N) is 4. The molecule has 3 aromatic rings. The largest absolute Gasteiger partial charge is 0.490 e. The number of rotatable bonds is 8. The second-order valence-corrected chi connectivity index (χ2v) is 7.66. The van der Waals surface area contributed by atoms with E-state index in [0.717, 1.165) is 37.4 Å². The van der Waals surface area contributed by atoms with Gasteiger partial charge in [0.2, 0.25) is 11.8 Å². The zero-order chi connectivity index (χ0) is 22.5. The van der Waals surface area contributed by atoms with Crippen molar-refractivity contribution < 1.29 is 18.8 Å². The molecule has 1 unspecified atom stereocenters. The molecule has 1 aliphatic rings. The van der Waals surface area contributed by atoms with Gasteiger partial charge in [0.25, 0.3) is 5.69 Å². The van der Waals surface area contributed by atoms with Crippen LogP contribution in [0.1, 0.15) is 38.6 Å². The Bertz CT molecular complexity index is 1040. The molecule has 9 heteroatoms. The van der Waals surface area contributed by atoms with Crippen LogP contribution in [0.3, 0.4) is 0 Å². The van der Waals surface area contributed by atoms with Crippen molar-refractivity contribution >= 4 is 5.69 Å². The van der Waals surface area contributed by atoms with E-state index in [-0.39, 0.29) is 17.8 Å². The van der Waals surface area contributed by atoms with Crippen LogP contribution in [0.15, 0.2) is 52.9 Å². The van der Waals surface area contributed by atoms with Gasteiger partial charge in [0.1, 0.15) is 6.10 Å². The molecule has 0 radical (unpaired) electrons. The lowest BCUT2D eigenvalue weighted by Gasteiger charge is -2.34. The minimum absolute atomic E-state index is 0.0239. The first-order chi connectivity index (χ1) is 15.5. The SMILES string of the molecule is CCOc1ccccc1OC1CCN(C(C)c2nnc(-c3ccc([N+](=O)[O-])cc3)o2)CC1. The van der Waals surface area contributed by atoms with E-state index in [0.29, 0.717) is 24.0 Å². The highest BCUT2D eigenvalue weighted by molar-refractivity contribution is 5.55. The summed E-state index contributed by atoms with van der Waals surface area (Å²) in [6.45, 7) is 6.29. The molecule has 0 N–H and O–H groups in total. The maximum Gasteiger partial charge on any atom is 0.269 e. The van der Waals surface area contributed by atoms with E-state index >= 15 is 0 Å². The van der Waals surface area contributed by atoms with Crippen molar-refractivity contribution in [2.75, 3.05) is 19.7 Å². The van der Waals surface area contributed by atoms with Crippen molar-refractivity contribution in [1.82, 2.24) is 15.1 Å². The quantitative estimate of drug-likeness (QED) is 0.370. The summed E-state index contributed by atoms with van der Waals surface area (Å²) < 4.78 is 17.7. The first-order valence-corrected chi connectivity index (χ1v) is 10.8. The maximum atomic E-state index is 10.8. The van der Waals surface area contributed by atoms with Gasteiger partial charge in [-0.1, -0.05) is 12.1 Å². The molecular weight excluding hydrogens is 412 g/mol. The summed E-state index contributed by atoms with van der Waals surface area (Å²) in [4.78, 5) is 12.7. The summed E-state index contributed by atoms with van der Waals surface area (Å²) in [5.41, 5.74) is 0.678. The number of nitro benzene ring substituents is 1. The summed E-state index contributed by atoms with van der Waals surface area (Å²) in [6.07, 6.45) is 1.89. The summed E-state index contributed by atoms with van der Waals surface area (Å²) in [5.74, 6) is 2.44. The van der Waals surface area contributed by atoms with Gasteiger partial charge in [0.05, 0.1) is 17.6 Å². The zero-order valence-corrected chi connectivity index (χ0v) is 18.1. The molecule has 0 saturated carbocycles. The fourth-order valence-electron chi connectivity index (χ4n) is 3.78. The lowest BCUT2D eigenvalue weighted by atomic mass is 10.1.